The molecule has 0 fully saturated rings. The number of benzene rings is 2. The fraction of sp³-hybridized carbons (Fsp3) is 0.304. The van der Waals surface area contributed by atoms with Crippen molar-refractivity contribution >= 4 is 16.7 Å². The normalized spacial score (nSPS) is 12.3. The van der Waals surface area contributed by atoms with Gasteiger partial charge in [0, 0.05) is 11.6 Å². The zero-order chi connectivity index (χ0) is 20.3. The molecule has 1 aromatic heterocycles. The average molecular weight is 379 g/mol. The van der Waals surface area contributed by atoms with Gasteiger partial charge in [0.1, 0.15) is 11.8 Å². The lowest BCUT2D eigenvalue weighted by Gasteiger charge is -2.17. The van der Waals surface area contributed by atoms with Gasteiger partial charge in [-0.25, -0.2) is 4.79 Å². The molecule has 0 aliphatic rings. The Hall–Kier alpha value is -3.08. The summed E-state index contributed by atoms with van der Waals surface area (Å²) in [4.78, 5) is 24.8. The molecule has 28 heavy (non-hydrogen) atoms. The van der Waals surface area contributed by atoms with Gasteiger partial charge in [0.25, 0.3) is 5.56 Å². The number of aryl methyl sites for hydroxylation is 2. The van der Waals surface area contributed by atoms with E-state index in [-0.39, 0.29) is 11.7 Å². The molecule has 1 heterocycles. The summed E-state index contributed by atoms with van der Waals surface area (Å²) < 4.78 is 6.99. The zero-order valence-corrected chi connectivity index (χ0v) is 16.4. The minimum atomic E-state index is -1.01. The molecule has 146 valence electrons. The second-order valence-electron chi connectivity index (χ2n) is 7.32. The number of rotatable bonds is 7. The molecule has 0 amide bonds. The third kappa shape index (κ3) is 4.42. The molecule has 2 aromatic carbocycles. The second-order valence-corrected chi connectivity index (χ2v) is 7.32. The van der Waals surface area contributed by atoms with Gasteiger partial charge in [0.05, 0.1) is 6.10 Å². The van der Waals surface area contributed by atoms with E-state index in [1.54, 1.807) is 24.4 Å². The van der Waals surface area contributed by atoms with Crippen molar-refractivity contribution in [2.75, 3.05) is 0 Å². The Labute approximate surface area is 164 Å². The van der Waals surface area contributed by atoms with E-state index in [1.165, 1.54) is 4.57 Å². The van der Waals surface area contributed by atoms with E-state index in [0.717, 1.165) is 16.5 Å². The van der Waals surface area contributed by atoms with E-state index >= 15 is 0 Å². The lowest BCUT2D eigenvalue weighted by atomic mass is 10.0. The Kier molecular flexibility index (Phi) is 5.83. The maximum atomic E-state index is 12.9. The van der Waals surface area contributed by atoms with Crippen molar-refractivity contribution in [3.8, 4) is 5.75 Å². The number of aromatic nitrogens is 1. The van der Waals surface area contributed by atoms with E-state index in [2.05, 4.69) is 0 Å². The van der Waals surface area contributed by atoms with Crippen molar-refractivity contribution in [1.29, 1.82) is 0 Å². The fourth-order valence-electron chi connectivity index (χ4n) is 3.27. The van der Waals surface area contributed by atoms with Crippen LogP contribution >= 0.6 is 0 Å². The first kappa shape index (κ1) is 19.7. The Morgan fingerprint density at radius 2 is 1.82 bits per heavy atom. The third-order valence-electron chi connectivity index (χ3n) is 4.72. The molecule has 0 bridgehead atoms. The van der Waals surface area contributed by atoms with Crippen molar-refractivity contribution in [1.82, 2.24) is 4.57 Å². The first-order valence-electron chi connectivity index (χ1n) is 9.45. The van der Waals surface area contributed by atoms with Crippen LogP contribution in [-0.2, 0) is 11.2 Å². The van der Waals surface area contributed by atoms with Crippen molar-refractivity contribution in [2.24, 2.45) is 0 Å². The van der Waals surface area contributed by atoms with Crippen LogP contribution in [0.3, 0.4) is 0 Å². The molecule has 5 nitrogen and oxygen atoms in total. The number of carboxylic acids is 1. The Bertz CT molecular complexity index is 1030. The second kappa shape index (κ2) is 8.30. The van der Waals surface area contributed by atoms with Gasteiger partial charge in [-0.05, 0) is 68.8 Å². The highest BCUT2D eigenvalue weighted by molar-refractivity contribution is 5.83. The van der Waals surface area contributed by atoms with Crippen LogP contribution in [0.2, 0.25) is 0 Å². The SMILES string of the molecule is Cc1ccc(CCC(C(=O)O)n2ccc3cc(OC(C)C)ccc3c2=O)cc1. The maximum Gasteiger partial charge on any atom is 0.326 e. The summed E-state index contributed by atoms with van der Waals surface area (Å²) in [6, 6.07) is 14.1. The first-order valence-corrected chi connectivity index (χ1v) is 9.45. The molecule has 5 heteroatoms. The van der Waals surface area contributed by atoms with Gasteiger partial charge >= 0.3 is 5.97 Å². The highest BCUT2D eigenvalue weighted by Gasteiger charge is 2.21. The van der Waals surface area contributed by atoms with E-state index in [4.69, 9.17) is 4.74 Å². The lowest BCUT2D eigenvalue weighted by Crippen LogP contribution is -2.30. The summed E-state index contributed by atoms with van der Waals surface area (Å²) in [7, 11) is 0. The molecule has 0 saturated heterocycles. The molecule has 1 unspecified atom stereocenters. The zero-order valence-electron chi connectivity index (χ0n) is 16.4. The smallest absolute Gasteiger partial charge is 0.326 e. The van der Waals surface area contributed by atoms with Crippen LogP contribution in [0.15, 0.2) is 59.5 Å². The highest BCUT2D eigenvalue weighted by atomic mass is 16.5. The Morgan fingerprint density at radius 3 is 2.46 bits per heavy atom. The van der Waals surface area contributed by atoms with Gasteiger partial charge in [0.2, 0.25) is 0 Å². The Balaban J connectivity index is 1.89. The van der Waals surface area contributed by atoms with E-state index in [0.29, 0.717) is 24.0 Å². The molecular formula is C23H25NO4. The number of hydrogen-bond donors (Lipinski definition) is 1. The van der Waals surface area contributed by atoms with Crippen LogP contribution in [0, 0.1) is 6.92 Å². The monoisotopic (exact) mass is 379 g/mol. The summed E-state index contributed by atoms with van der Waals surface area (Å²) in [6.07, 6.45) is 2.54. The van der Waals surface area contributed by atoms with Gasteiger partial charge < -0.3 is 14.4 Å². The maximum absolute atomic E-state index is 12.9. The summed E-state index contributed by atoms with van der Waals surface area (Å²) >= 11 is 0. The fourth-order valence-corrected chi connectivity index (χ4v) is 3.27. The van der Waals surface area contributed by atoms with E-state index < -0.39 is 12.0 Å². The van der Waals surface area contributed by atoms with Crippen molar-refractivity contribution in [3.05, 3.63) is 76.2 Å². The standard InChI is InChI=1S/C23H25NO4/c1-15(2)28-19-9-10-20-18(14-19)12-13-24(22(20)25)21(23(26)27)11-8-17-6-4-16(3)5-7-17/h4-7,9-10,12-15,21H,8,11H2,1-3H3,(H,26,27). The van der Waals surface area contributed by atoms with Gasteiger partial charge in [-0.15, -0.1) is 0 Å². The molecule has 0 spiro atoms. The van der Waals surface area contributed by atoms with Crippen LogP contribution < -0.4 is 10.3 Å². The highest BCUT2D eigenvalue weighted by Crippen LogP contribution is 2.21. The number of carboxylic acid groups (broad SMARTS) is 1. The number of nitrogens with zero attached hydrogens (tertiary/aromatic N) is 1. The number of aliphatic carboxylic acids is 1. The van der Waals surface area contributed by atoms with Crippen molar-refractivity contribution in [3.63, 3.8) is 0 Å². The van der Waals surface area contributed by atoms with Crippen LogP contribution in [0.4, 0.5) is 0 Å². The molecule has 0 radical (unpaired) electrons. The van der Waals surface area contributed by atoms with Crippen LogP contribution in [0.25, 0.3) is 10.8 Å². The largest absolute Gasteiger partial charge is 0.491 e. The van der Waals surface area contributed by atoms with Gasteiger partial charge in [-0.3, -0.25) is 4.79 Å². The number of fused-ring (bicyclic) bond motifs is 1. The van der Waals surface area contributed by atoms with Gasteiger partial charge in [-0.2, -0.15) is 0 Å². The summed E-state index contributed by atoms with van der Waals surface area (Å²) in [5.74, 6) is -0.317. The van der Waals surface area contributed by atoms with Crippen LogP contribution in [0.5, 0.6) is 5.75 Å². The lowest BCUT2D eigenvalue weighted by molar-refractivity contribution is -0.141. The number of hydrogen-bond acceptors (Lipinski definition) is 3. The molecule has 0 saturated carbocycles. The topological polar surface area (TPSA) is 68.5 Å². The van der Waals surface area contributed by atoms with E-state index in [1.807, 2.05) is 51.1 Å². The predicted molar refractivity (Wildman–Crippen MR) is 110 cm³/mol. The molecule has 1 atom stereocenters. The average Bonchev–Trinajstić information content (AvgIpc) is 2.64. The number of pyridine rings is 1. The summed E-state index contributed by atoms with van der Waals surface area (Å²) in [6.45, 7) is 5.89. The quantitative estimate of drug-likeness (QED) is 0.662. The van der Waals surface area contributed by atoms with Gasteiger partial charge in [0.15, 0.2) is 0 Å². The summed E-state index contributed by atoms with van der Waals surface area (Å²) in [5, 5.41) is 10.9. The predicted octanol–water partition coefficient (Wildman–Crippen LogP) is 4.36. The first-order chi connectivity index (χ1) is 13.3. The van der Waals surface area contributed by atoms with E-state index in [9.17, 15) is 14.7 Å². The van der Waals surface area contributed by atoms with Crippen LogP contribution in [-0.4, -0.2) is 21.7 Å². The minimum absolute atomic E-state index is 0.0379. The third-order valence-corrected chi connectivity index (χ3v) is 4.72. The molecule has 3 aromatic rings. The summed E-state index contributed by atoms with van der Waals surface area (Å²) in [5.41, 5.74) is 1.91. The molecule has 0 aliphatic heterocycles. The number of ether oxygens (including phenoxy) is 1. The van der Waals surface area contributed by atoms with Gasteiger partial charge in [-0.1, -0.05) is 29.8 Å². The molecule has 1 N–H and O–H groups in total. The van der Waals surface area contributed by atoms with Crippen LogP contribution in [0.1, 0.15) is 37.4 Å². The molecule has 0 aliphatic carbocycles. The van der Waals surface area contributed by atoms with Crippen molar-refractivity contribution in [2.45, 2.75) is 45.8 Å². The molecule has 3 rings (SSSR count). The Morgan fingerprint density at radius 1 is 1.11 bits per heavy atom. The number of carbonyl (C=O) groups is 1. The van der Waals surface area contributed by atoms with Crippen molar-refractivity contribution < 1.29 is 14.6 Å². The minimum Gasteiger partial charge on any atom is -0.491 e. The molecular weight excluding hydrogens is 354 g/mol.